The summed E-state index contributed by atoms with van der Waals surface area (Å²) in [6, 6.07) is 5.57. The number of nitrogens with zero attached hydrogens (tertiary/aromatic N) is 2. The first-order chi connectivity index (χ1) is 8.80. The number of methoxy groups -OCH3 is 2. The van der Waals surface area contributed by atoms with Gasteiger partial charge in [-0.1, -0.05) is 6.07 Å². The number of H-pyrrole nitrogens is 1. The normalized spacial score (nSPS) is 10.4. The molecule has 0 radical (unpaired) electrons. The van der Waals surface area contributed by atoms with Crippen LogP contribution in [0.3, 0.4) is 0 Å². The number of ether oxygens (including phenoxy) is 2. The quantitative estimate of drug-likeness (QED) is 0.832. The van der Waals surface area contributed by atoms with Gasteiger partial charge in [-0.2, -0.15) is 5.10 Å². The van der Waals surface area contributed by atoms with Crippen molar-refractivity contribution in [2.45, 2.75) is 6.54 Å². The molecular weight excluding hydrogens is 232 g/mol. The van der Waals surface area contributed by atoms with Crippen LogP contribution in [-0.2, 0) is 6.54 Å². The Balaban J connectivity index is 2.47. The molecule has 96 valence electrons. The van der Waals surface area contributed by atoms with Crippen LogP contribution in [0.25, 0.3) is 11.4 Å². The lowest BCUT2D eigenvalue weighted by Gasteiger charge is -2.09. The highest BCUT2D eigenvalue weighted by molar-refractivity contribution is 5.71. The molecule has 0 bridgehead atoms. The molecule has 0 spiro atoms. The molecule has 0 aliphatic rings. The van der Waals surface area contributed by atoms with Crippen LogP contribution in [0, 0.1) is 0 Å². The first kappa shape index (κ1) is 12.4. The average molecular weight is 248 g/mol. The van der Waals surface area contributed by atoms with Crippen LogP contribution in [0.5, 0.6) is 11.5 Å². The predicted molar refractivity (Wildman–Crippen MR) is 67.7 cm³/mol. The fraction of sp³-hybridized carbons (Fsp3) is 0.333. The van der Waals surface area contributed by atoms with Crippen LogP contribution in [0.15, 0.2) is 18.2 Å². The van der Waals surface area contributed by atoms with Crippen molar-refractivity contribution in [2.75, 3.05) is 21.3 Å². The van der Waals surface area contributed by atoms with E-state index in [4.69, 9.17) is 9.47 Å². The van der Waals surface area contributed by atoms with Gasteiger partial charge in [0.25, 0.3) is 0 Å². The van der Waals surface area contributed by atoms with Crippen LogP contribution in [-0.4, -0.2) is 36.4 Å². The number of benzene rings is 1. The van der Waals surface area contributed by atoms with Gasteiger partial charge in [0.15, 0.2) is 5.82 Å². The highest BCUT2D eigenvalue weighted by Crippen LogP contribution is 2.35. The summed E-state index contributed by atoms with van der Waals surface area (Å²) in [5.74, 6) is 2.70. The summed E-state index contributed by atoms with van der Waals surface area (Å²) in [6.07, 6.45) is 0. The fourth-order valence-electron chi connectivity index (χ4n) is 1.73. The Labute approximate surface area is 105 Å². The molecule has 1 aromatic carbocycles. The van der Waals surface area contributed by atoms with E-state index in [9.17, 15) is 0 Å². The summed E-state index contributed by atoms with van der Waals surface area (Å²) in [4.78, 5) is 4.40. The number of nitrogens with one attached hydrogen (secondary N) is 2. The second-order valence-corrected chi connectivity index (χ2v) is 3.67. The topological polar surface area (TPSA) is 72.1 Å². The molecule has 0 saturated heterocycles. The van der Waals surface area contributed by atoms with Crippen molar-refractivity contribution in [1.29, 1.82) is 0 Å². The first-order valence-corrected chi connectivity index (χ1v) is 5.57. The van der Waals surface area contributed by atoms with Crippen LogP contribution >= 0.6 is 0 Å². The van der Waals surface area contributed by atoms with Gasteiger partial charge in [-0.15, -0.1) is 0 Å². The molecule has 2 aromatic rings. The summed E-state index contributed by atoms with van der Waals surface area (Å²) < 4.78 is 10.6. The lowest BCUT2D eigenvalue weighted by molar-refractivity contribution is 0.397. The zero-order valence-electron chi connectivity index (χ0n) is 10.7. The predicted octanol–water partition coefficient (Wildman–Crippen LogP) is 1.21. The smallest absolute Gasteiger partial charge is 0.188 e. The Morgan fingerprint density at radius 2 is 1.89 bits per heavy atom. The Morgan fingerprint density at radius 3 is 2.44 bits per heavy atom. The molecule has 0 amide bonds. The minimum atomic E-state index is 0.564. The van der Waals surface area contributed by atoms with Crippen LogP contribution < -0.4 is 14.8 Å². The molecule has 1 heterocycles. The van der Waals surface area contributed by atoms with Gasteiger partial charge in [0, 0.05) is 0 Å². The van der Waals surface area contributed by atoms with Crippen molar-refractivity contribution < 1.29 is 9.47 Å². The summed E-state index contributed by atoms with van der Waals surface area (Å²) in [7, 11) is 5.07. The van der Waals surface area contributed by atoms with Crippen molar-refractivity contribution in [3.05, 3.63) is 24.0 Å². The van der Waals surface area contributed by atoms with E-state index in [2.05, 4.69) is 20.5 Å². The lowest BCUT2D eigenvalue weighted by Crippen LogP contribution is -2.06. The Morgan fingerprint density at radius 1 is 1.22 bits per heavy atom. The minimum Gasteiger partial charge on any atom is -0.496 e. The van der Waals surface area contributed by atoms with Gasteiger partial charge in [-0.05, 0) is 19.2 Å². The summed E-state index contributed by atoms with van der Waals surface area (Å²) in [5.41, 5.74) is 0.751. The summed E-state index contributed by atoms with van der Waals surface area (Å²) >= 11 is 0. The van der Waals surface area contributed by atoms with Gasteiger partial charge in [-0.3, -0.25) is 5.10 Å². The zero-order chi connectivity index (χ0) is 13.0. The van der Waals surface area contributed by atoms with Gasteiger partial charge < -0.3 is 14.8 Å². The highest BCUT2D eigenvalue weighted by Gasteiger charge is 2.16. The van der Waals surface area contributed by atoms with E-state index in [0.717, 1.165) is 11.4 Å². The van der Waals surface area contributed by atoms with Crippen molar-refractivity contribution in [3.8, 4) is 22.9 Å². The van der Waals surface area contributed by atoms with E-state index in [1.807, 2.05) is 25.2 Å². The van der Waals surface area contributed by atoms with E-state index in [0.29, 0.717) is 23.9 Å². The van der Waals surface area contributed by atoms with Crippen LogP contribution in [0.1, 0.15) is 5.82 Å². The Hall–Kier alpha value is -2.08. The third kappa shape index (κ3) is 2.28. The molecule has 6 heteroatoms. The molecule has 0 fully saturated rings. The molecule has 18 heavy (non-hydrogen) atoms. The summed E-state index contributed by atoms with van der Waals surface area (Å²) in [5, 5.41) is 10.1. The molecule has 0 atom stereocenters. The monoisotopic (exact) mass is 248 g/mol. The van der Waals surface area contributed by atoms with E-state index in [-0.39, 0.29) is 0 Å². The third-order valence-corrected chi connectivity index (χ3v) is 2.53. The molecule has 0 unspecified atom stereocenters. The second-order valence-electron chi connectivity index (χ2n) is 3.67. The maximum Gasteiger partial charge on any atom is 0.188 e. The third-order valence-electron chi connectivity index (χ3n) is 2.53. The number of aromatic nitrogens is 3. The molecule has 6 nitrogen and oxygen atoms in total. The van der Waals surface area contributed by atoms with Crippen molar-refractivity contribution in [3.63, 3.8) is 0 Å². The lowest BCUT2D eigenvalue weighted by atomic mass is 10.1. The Kier molecular flexibility index (Phi) is 3.78. The molecule has 0 saturated carbocycles. The van der Waals surface area contributed by atoms with E-state index >= 15 is 0 Å². The molecule has 2 N–H and O–H groups in total. The highest BCUT2D eigenvalue weighted by atomic mass is 16.5. The number of hydrogen-bond donors (Lipinski definition) is 2. The van der Waals surface area contributed by atoms with Crippen LogP contribution in [0.4, 0.5) is 0 Å². The number of hydrogen-bond acceptors (Lipinski definition) is 5. The van der Waals surface area contributed by atoms with Gasteiger partial charge in [0.1, 0.15) is 22.9 Å². The van der Waals surface area contributed by atoms with Gasteiger partial charge in [0.2, 0.25) is 0 Å². The standard InChI is InChI=1S/C12H16N4O2/c1-13-7-10-14-12(16-15-10)11-8(17-2)5-4-6-9(11)18-3/h4-6,13H,7H2,1-3H3,(H,14,15,16). The molecule has 1 aromatic heterocycles. The molecule has 0 aliphatic heterocycles. The number of rotatable bonds is 5. The second kappa shape index (κ2) is 5.50. The van der Waals surface area contributed by atoms with E-state index in [1.54, 1.807) is 14.2 Å². The number of aromatic amines is 1. The van der Waals surface area contributed by atoms with Gasteiger partial charge in [0.05, 0.1) is 20.8 Å². The summed E-state index contributed by atoms with van der Waals surface area (Å²) in [6.45, 7) is 0.629. The molecule has 2 rings (SSSR count). The largest absolute Gasteiger partial charge is 0.496 e. The van der Waals surface area contributed by atoms with Gasteiger partial charge >= 0.3 is 0 Å². The fourth-order valence-corrected chi connectivity index (χ4v) is 1.73. The molecule has 0 aliphatic carbocycles. The molecular formula is C12H16N4O2. The van der Waals surface area contributed by atoms with Crippen molar-refractivity contribution >= 4 is 0 Å². The maximum absolute atomic E-state index is 5.32. The van der Waals surface area contributed by atoms with Crippen LogP contribution in [0.2, 0.25) is 0 Å². The van der Waals surface area contributed by atoms with Crippen molar-refractivity contribution in [2.24, 2.45) is 0 Å². The van der Waals surface area contributed by atoms with Crippen molar-refractivity contribution in [1.82, 2.24) is 20.5 Å². The van der Waals surface area contributed by atoms with E-state index < -0.39 is 0 Å². The average Bonchev–Trinajstić information content (AvgIpc) is 2.86. The van der Waals surface area contributed by atoms with Gasteiger partial charge in [-0.25, -0.2) is 4.98 Å². The first-order valence-electron chi connectivity index (χ1n) is 5.57. The minimum absolute atomic E-state index is 0.564. The SMILES string of the molecule is CNCc1nc(-c2c(OC)cccc2OC)n[nH]1. The Bertz CT molecular complexity index is 502. The van der Waals surface area contributed by atoms with E-state index in [1.165, 1.54) is 0 Å². The maximum atomic E-state index is 5.32. The zero-order valence-corrected chi connectivity index (χ0v) is 10.7.